The van der Waals surface area contributed by atoms with Crippen LogP contribution in [-0.2, 0) is 7.05 Å². The first kappa shape index (κ1) is 20.3. The molecule has 0 saturated carbocycles. The summed E-state index contributed by atoms with van der Waals surface area (Å²) in [6, 6.07) is 15.9. The summed E-state index contributed by atoms with van der Waals surface area (Å²) >= 11 is 12.4. The van der Waals surface area contributed by atoms with Gasteiger partial charge >= 0.3 is 0 Å². The SMILES string of the molecule is [B]c1ccc(NC(=O)c2ccc3c(c2)nc(Nc2c(C)cc(Cl)cc2Cl)n3C)cc1. The maximum Gasteiger partial charge on any atom is 0.255 e. The number of carbonyl (C=O) groups excluding carboxylic acids is 1. The van der Waals surface area contributed by atoms with E-state index in [1.54, 1.807) is 42.5 Å². The molecule has 3 aromatic carbocycles. The van der Waals surface area contributed by atoms with Crippen molar-refractivity contribution in [2.24, 2.45) is 7.05 Å². The van der Waals surface area contributed by atoms with Gasteiger partial charge in [0, 0.05) is 23.3 Å². The highest BCUT2D eigenvalue weighted by Gasteiger charge is 2.14. The third kappa shape index (κ3) is 4.02. The smallest absolute Gasteiger partial charge is 0.255 e. The molecule has 0 bridgehead atoms. The number of halogens is 2. The molecule has 0 atom stereocenters. The van der Waals surface area contributed by atoms with Gasteiger partial charge in [-0.1, -0.05) is 40.8 Å². The summed E-state index contributed by atoms with van der Waals surface area (Å²) in [4.78, 5) is 17.3. The Hall–Kier alpha value is -2.96. The van der Waals surface area contributed by atoms with Crippen molar-refractivity contribution in [3.8, 4) is 0 Å². The molecule has 2 radical (unpaired) electrons. The van der Waals surface area contributed by atoms with Gasteiger partial charge in [0.05, 0.1) is 21.7 Å². The number of hydrogen-bond donors (Lipinski definition) is 2. The Morgan fingerprint density at radius 2 is 1.80 bits per heavy atom. The van der Waals surface area contributed by atoms with Gasteiger partial charge in [0.25, 0.3) is 5.91 Å². The molecule has 148 valence electrons. The van der Waals surface area contributed by atoms with Gasteiger partial charge in [-0.2, -0.15) is 0 Å². The number of nitrogens with zero attached hydrogens (tertiary/aromatic N) is 2. The van der Waals surface area contributed by atoms with Crippen LogP contribution in [0.1, 0.15) is 15.9 Å². The highest BCUT2D eigenvalue weighted by Crippen LogP contribution is 2.32. The Bertz CT molecular complexity index is 1250. The van der Waals surface area contributed by atoms with Crippen molar-refractivity contribution < 1.29 is 4.79 Å². The van der Waals surface area contributed by atoms with Crippen LogP contribution in [0.15, 0.2) is 54.6 Å². The van der Waals surface area contributed by atoms with Crippen molar-refractivity contribution in [2.45, 2.75) is 6.92 Å². The first-order valence-electron chi connectivity index (χ1n) is 9.18. The Morgan fingerprint density at radius 1 is 1.07 bits per heavy atom. The van der Waals surface area contributed by atoms with Gasteiger partial charge in [-0.15, -0.1) is 0 Å². The van der Waals surface area contributed by atoms with E-state index in [1.807, 2.05) is 30.7 Å². The minimum atomic E-state index is -0.224. The lowest BCUT2D eigenvalue weighted by molar-refractivity contribution is 0.102. The van der Waals surface area contributed by atoms with E-state index in [9.17, 15) is 4.79 Å². The number of carbonyl (C=O) groups is 1. The number of aromatic nitrogens is 2. The topological polar surface area (TPSA) is 59.0 Å². The lowest BCUT2D eigenvalue weighted by Gasteiger charge is -2.11. The summed E-state index contributed by atoms with van der Waals surface area (Å²) in [5, 5.41) is 7.21. The molecular formula is C22H17BCl2N4O. The average molecular weight is 435 g/mol. The highest BCUT2D eigenvalue weighted by atomic mass is 35.5. The molecule has 8 heteroatoms. The van der Waals surface area contributed by atoms with Gasteiger partial charge in [-0.3, -0.25) is 4.79 Å². The molecule has 1 heterocycles. The maximum absolute atomic E-state index is 12.6. The van der Waals surface area contributed by atoms with Gasteiger partial charge in [-0.25, -0.2) is 4.98 Å². The Balaban J connectivity index is 1.63. The number of hydrogen-bond acceptors (Lipinski definition) is 3. The molecule has 5 nitrogen and oxygen atoms in total. The zero-order chi connectivity index (χ0) is 21.4. The van der Waals surface area contributed by atoms with Gasteiger partial charge < -0.3 is 15.2 Å². The van der Waals surface area contributed by atoms with E-state index in [4.69, 9.17) is 31.0 Å². The molecule has 1 amide bonds. The molecule has 4 rings (SSSR count). The number of rotatable bonds is 4. The highest BCUT2D eigenvalue weighted by molar-refractivity contribution is 6.36. The molecule has 0 aliphatic rings. The van der Waals surface area contributed by atoms with Crippen molar-refractivity contribution in [2.75, 3.05) is 10.6 Å². The van der Waals surface area contributed by atoms with Crippen LogP contribution in [-0.4, -0.2) is 23.3 Å². The van der Waals surface area contributed by atoms with Crippen molar-refractivity contribution >= 4 is 70.8 Å². The third-order valence-electron chi connectivity index (χ3n) is 4.80. The number of amides is 1. The lowest BCUT2D eigenvalue weighted by atomic mass is 9.96. The Kier molecular flexibility index (Phi) is 5.45. The fraction of sp³-hybridized carbons (Fsp3) is 0.0909. The number of imidazole rings is 1. The molecule has 0 saturated heterocycles. The van der Waals surface area contributed by atoms with Crippen LogP contribution in [0.3, 0.4) is 0 Å². The van der Waals surface area contributed by atoms with Gasteiger partial charge in [0.15, 0.2) is 0 Å². The molecule has 2 N–H and O–H groups in total. The second-order valence-corrected chi connectivity index (χ2v) is 7.82. The number of benzene rings is 3. The first-order chi connectivity index (χ1) is 14.3. The summed E-state index contributed by atoms with van der Waals surface area (Å²) in [5.41, 5.74) is 5.02. The van der Waals surface area contributed by atoms with Crippen LogP contribution < -0.4 is 16.1 Å². The number of nitrogens with one attached hydrogen (secondary N) is 2. The second-order valence-electron chi connectivity index (χ2n) is 6.98. The quantitative estimate of drug-likeness (QED) is 0.445. The fourth-order valence-corrected chi connectivity index (χ4v) is 3.84. The number of aryl methyl sites for hydroxylation is 2. The van der Waals surface area contributed by atoms with Crippen LogP contribution >= 0.6 is 23.2 Å². The van der Waals surface area contributed by atoms with Crippen molar-refractivity contribution in [3.63, 3.8) is 0 Å². The van der Waals surface area contributed by atoms with Crippen molar-refractivity contribution in [1.29, 1.82) is 0 Å². The number of anilines is 3. The average Bonchev–Trinajstić information content (AvgIpc) is 3.01. The van der Waals surface area contributed by atoms with E-state index >= 15 is 0 Å². The predicted molar refractivity (Wildman–Crippen MR) is 125 cm³/mol. The van der Waals surface area contributed by atoms with E-state index < -0.39 is 0 Å². The zero-order valence-electron chi connectivity index (χ0n) is 16.3. The van der Waals surface area contributed by atoms with Crippen molar-refractivity contribution in [3.05, 3.63) is 75.8 Å². The van der Waals surface area contributed by atoms with E-state index in [0.717, 1.165) is 16.8 Å². The molecule has 0 fully saturated rings. The minimum Gasteiger partial charge on any atom is -0.324 e. The van der Waals surface area contributed by atoms with Gasteiger partial charge in [-0.05, 0) is 55.0 Å². The number of fused-ring (bicyclic) bond motifs is 1. The normalized spacial score (nSPS) is 10.9. The summed E-state index contributed by atoms with van der Waals surface area (Å²) in [5.74, 6) is 0.381. The van der Waals surface area contributed by atoms with Crippen LogP contribution in [0.25, 0.3) is 11.0 Å². The standard InChI is InChI=1S/C22H17BCl2N4O/c1-12-9-15(24)11-17(25)20(12)28-22-27-18-10-13(3-8-19(18)29(22)2)21(30)26-16-6-4-14(23)5-7-16/h3-11H,1-2H3,(H,26,30)(H,27,28). The summed E-state index contributed by atoms with van der Waals surface area (Å²) in [6.07, 6.45) is 0. The van der Waals surface area contributed by atoms with E-state index in [1.165, 1.54) is 0 Å². The monoisotopic (exact) mass is 434 g/mol. The maximum atomic E-state index is 12.6. The lowest BCUT2D eigenvalue weighted by Crippen LogP contribution is -2.12. The van der Waals surface area contributed by atoms with E-state index in [2.05, 4.69) is 15.6 Å². The second kappa shape index (κ2) is 8.05. The van der Waals surface area contributed by atoms with Crippen LogP contribution in [0, 0.1) is 6.92 Å². The summed E-state index contributed by atoms with van der Waals surface area (Å²) < 4.78 is 1.90. The molecule has 30 heavy (non-hydrogen) atoms. The molecular weight excluding hydrogens is 418 g/mol. The molecule has 0 aliphatic carbocycles. The van der Waals surface area contributed by atoms with Gasteiger partial charge in [0.2, 0.25) is 5.95 Å². The zero-order valence-corrected chi connectivity index (χ0v) is 17.8. The predicted octanol–water partition coefficient (Wildman–Crippen LogP) is 4.98. The molecule has 1 aromatic heterocycles. The summed E-state index contributed by atoms with van der Waals surface area (Å²) in [6.45, 7) is 1.92. The third-order valence-corrected chi connectivity index (χ3v) is 5.32. The molecule has 0 spiro atoms. The van der Waals surface area contributed by atoms with Crippen LogP contribution in [0.2, 0.25) is 10.0 Å². The molecule has 0 unspecified atom stereocenters. The summed E-state index contributed by atoms with van der Waals surface area (Å²) in [7, 11) is 7.58. The largest absolute Gasteiger partial charge is 0.324 e. The van der Waals surface area contributed by atoms with Gasteiger partial charge in [0.1, 0.15) is 7.85 Å². The minimum absolute atomic E-state index is 0.224. The fourth-order valence-electron chi connectivity index (χ4n) is 3.19. The first-order valence-corrected chi connectivity index (χ1v) is 9.93. The molecule has 4 aromatic rings. The molecule has 0 aliphatic heterocycles. The van der Waals surface area contributed by atoms with Crippen molar-refractivity contribution in [1.82, 2.24) is 9.55 Å². The Labute approximate surface area is 185 Å². The van der Waals surface area contributed by atoms with Crippen LogP contribution in [0.4, 0.5) is 17.3 Å². The van der Waals surface area contributed by atoms with Crippen LogP contribution in [0.5, 0.6) is 0 Å². The van der Waals surface area contributed by atoms with E-state index in [0.29, 0.717) is 38.2 Å². The van der Waals surface area contributed by atoms with E-state index in [-0.39, 0.29) is 5.91 Å². The Morgan fingerprint density at radius 3 is 2.50 bits per heavy atom.